The molecular formula is C22H30N4O3. The van der Waals surface area contributed by atoms with E-state index in [0.29, 0.717) is 35.5 Å². The number of hydrogen-bond donors (Lipinski definition) is 2. The Morgan fingerprint density at radius 2 is 2.03 bits per heavy atom. The molecule has 7 nitrogen and oxygen atoms in total. The van der Waals surface area contributed by atoms with Crippen molar-refractivity contribution in [2.45, 2.75) is 45.4 Å². The zero-order valence-corrected chi connectivity index (χ0v) is 17.4. The topological polar surface area (TPSA) is 89.7 Å². The average molecular weight is 399 g/mol. The van der Waals surface area contributed by atoms with Gasteiger partial charge in [0.05, 0.1) is 7.11 Å². The quantitative estimate of drug-likeness (QED) is 0.745. The van der Waals surface area contributed by atoms with Gasteiger partial charge in [-0.05, 0) is 51.0 Å². The number of aromatic nitrogens is 1. The van der Waals surface area contributed by atoms with Gasteiger partial charge in [0.25, 0.3) is 5.91 Å². The normalized spacial score (nSPS) is 15.3. The molecule has 1 aliphatic rings. The molecule has 1 aromatic carbocycles. The van der Waals surface area contributed by atoms with Gasteiger partial charge in [-0.15, -0.1) is 0 Å². The van der Waals surface area contributed by atoms with Gasteiger partial charge < -0.3 is 25.4 Å². The molecule has 2 heterocycles. The van der Waals surface area contributed by atoms with Gasteiger partial charge in [0.1, 0.15) is 11.9 Å². The molecule has 2 aromatic rings. The lowest BCUT2D eigenvalue weighted by atomic mass is 10.1. The van der Waals surface area contributed by atoms with Crippen molar-refractivity contribution in [1.82, 2.24) is 15.2 Å². The highest BCUT2D eigenvalue weighted by molar-refractivity contribution is 5.94. The summed E-state index contributed by atoms with van der Waals surface area (Å²) in [4.78, 5) is 19.1. The van der Waals surface area contributed by atoms with Crippen LogP contribution in [0.5, 0.6) is 11.5 Å². The van der Waals surface area contributed by atoms with Crippen LogP contribution in [0, 0.1) is 0 Å². The van der Waals surface area contributed by atoms with E-state index in [2.05, 4.69) is 29.0 Å². The summed E-state index contributed by atoms with van der Waals surface area (Å²) < 4.78 is 11.7. The summed E-state index contributed by atoms with van der Waals surface area (Å²) in [7, 11) is 1.61. The summed E-state index contributed by atoms with van der Waals surface area (Å²) in [6.45, 7) is 6.76. The van der Waals surface area contributed by atoms with E-state index < -0.39 is 0 Å². The molecule has 1 fully saturated rings. The number of piperidine rings is 1. The van der Waals surface area contributed by atoms with Crippen LogP contribution in [0.2, 0.25) is 0 Å². The predicted molar refractivity (Wildman–Crippen MR) is 113 cm³/mol. The highest BCUT2D eigenvalue weighted by Gasteiger charge is 2.23. The number of pyridine rings is 1. The average Bonchev–Trinajstić information content (AvgIpc) is 2.73. The minimum atomic E-state index is -0.199. The number of likely N-dealkylation sites (tertiary alicyclic amines) is 1. The third-order valence-corrected chi connectivity index (χ3v) is 5.29. The second kappa shape index (κ2) is 9.60. The van der Waals surface area contributed by atoms with Crippen molar-refractivity contribution >= 4 is 11.7 Å². The number of amides is 1. The van der Waals surface area contributed by atoms with Crippen LogP contribution < -0.4 is 20.5 Å². The van der Waals surface area contributed by atoms with E-state index in [4.69, 9.17) is 15.2 Å². The Morgan fingerprint density at radius 3 is 2.69 bits per heavy atom. The Hall–Kier alpha value is -2.80. The van der Waals surface area contributed by atoms with E-state index in [1.54, 1.807) is 37.6 Å². The number of nitrogens with two attached hydrogens (primary N) is 1. The molecule has 1 saturated heterocycles. The molecule has 0 unspecified atom stereocenters. The summed E-state index contributed by atoms with van der Waals surface area (Å²) in [5, 5.41) is 2.88. The van der Waals surface area contributed by atoms with Gasteiger partial charge in [0, 0.05) is 43.0 Å². The van der Waals surface area contributed by atoms with E-state index in [0.717, 1.165) is 31.5 Å². The van der Waals surface area contributed by atoms with E-state index in [9.17, 15) is 4.79 Å². The Labute approximate surface area is 172 Å². The molecule has 1 amide bonds. The molecule has 1 aromatic heterocycles. The second-order valence-electron chi connectivity index (χ2n) is 7.54. The number of ether oxygens (including phenoxy) is 2. The van der Waals surface area contributed by atoms with E-state index in [1.165, 1.54) is 0 Å². The number of carbonyl (C=O) groups is 1. The van der Waals surface area contributed by atoms with Crippen LogP contribution in [-0.2, 0) is 6.54 Å². The molecule has 3 N–H and O–H groups in total. The SMILES string of the molecule is COc1ccc(C(=O)NCc2cccnc2N)cc1OC1CCN(C(C)C)CC1. The Bertz CT molecular complexity index is 833. The van der Waals surface area contributed by atoms with E-state index in [1.807, 2.05) is 6.07 Å². The van der Waals surface area contributed by atoms with Gasteiger partial charge in [-0.3, -0.25) is 4.79 Å². The van der Waals surface area contributed by atoms with Crippen LogP contribution in [0.1, 0.15) is 42.6 Å². The van der Waals surface area contributed by atoms with Crippen LogP contribution in [0.15, 0.2) is 36.5 Å². The number of nitrogen functional groups attached to an aromatic ring is 1. The Kier molecular flexibility index (Phi) is 6.93. The lowest BCUT2D eigenvalue weighted by Crippen LogP contribution is -2.41. The summed E-state index contributed by atoms with van der Waals surface area (Å²) >= 11 is 0. The molecule has 1 aliphatic heterocycles. The predicted octanol–water partition coefficient (Wildman–Crippen LogP) is 2.85. The van der Waals surface area contributed by atoms with Gasteiger partial charge in [0.2, 0.25) is 0 Å². The first-order chi connectivity index (χ1) is 14.0. The van der Waals surface area contributed by atoms with Crippen LogP contribution in [-0.4, -0.2) is 48.1 Å². The number of hydrogen-bond acceptors (Lipinski definition) is 6. The maximum Gasteiger partial charge on any atom is 0.251 e. The number of methoxy groups -OCH3 is 1. The lowest BCUT2D eigenvalue weighted by Gasteiger charge is -2.34. The number of carbonyl (C=O) groups excluding carboxylic acids is 1. The molecule has 0 spiro atoms. The molecule has 0 radical (unpaired) electrons. The van der Waals surface area contributed by atoms with Crippen molar-refractivity contribution in [2.75, 3.05) is 25.9 Å². The number of rotatable bonds is 7. The van der Waals surface area contributed by atoms with Crippen molar-refractivity contribution in [3.05, 3.63) is 47.7 Å². The van der Waals surface area contributed by atoms with Gasteiger partial charge in [-0.1, -0.05) is 6.07 Å². The fourth-order valence-electron chi connectivity index (χ4n) is 3.48. The summed E-state index contributed by atoms with van der Waals surface area (Å²) in [5.41, 5.74) is 7.13. The molecular weight excluding hydrogens is 368 g/mol. The van der Waals surface area contributed by atoms with Crippen molar-refractivity contribution in [3.63, 3.8) is 0 Å². The third-order valence-electron chi connectivity index (χ3n) is 5.29. The first kappa shape index (κ1) is 20.9. The molecule has 29 heavy (non-hydrogen) atoms. The summed E-state index contributed by atoms with van der Waals surface area (Å²) in [6, 6.07) is 9.43. The first-order valence-corrected chi connectivity index (χ1v) is 10.0. The minimum absolute atomic E-state index is 0.118. The molecule has 0 aliphatic carbocycles. The number of nitrogens with one attached hydrogen (secondary N) is 1. The molecule has 0 bridgehead atoms. The van der Waals surface area contributed by atoms with Crippen molar-refractivity contribution in [1.29, 1.82) is 0 Å². The monoisotopic (exact) mass is 398 g/mol. The Morgan fingerprint density at radius 1 is 1.28 bits per heavy atom. The van der Waals surface area contributed by atoms with Crippen molar-refractivity contribution < 1.29 is 14.3 Å². The molecule has 156 valence electrons. The van der Waals surface area contributed by atoms with E-state index >= 15 is 0 Å². The van der Waals surface area contributed by atoms with E-state index in [-0.39, 0.29) is 12.0 Å². The van der Waals surface area contributed by atoms with Gasteiger partial charge in [0.15, 0.2) is 11.5 Å². The molecule has 0 atom stereocenters. The standard InChI is InChI=1S/C22H30N4O3/c1-15(2)26-11-8-18(9-12-26)29-20-13-16(6-7-19(20)28-3)22(27)25-14-17-5-4-10-24-21(17)23/h4-7,10,13,15,18H,8-9,11-12,14H2,1-3H3,(H2,23,24)(H,25,27). The van der Waals surface area contributed by atoms with Crippen LogP contribution >= 0.6 is 0 Å². The fraction of sp³-hybridized carbons (Fsp3) is 0.455. The van der Waals surface area contributed by atoms with Crippen molar-refractivity contribution in [2.24, 2.45) is 0 Å². The molecule has 0 saturated carbocycles. The largest absolute Gasteiger partial charge is 0.493 e. The maximum atomic E-state index is 12.6. The van der Waals surface area contributed by atoms with Crippen LogP contribution in [0.4, 0.5) is 5.82 Å². The highest BCUT2D eigenvalue weighted by atomic mass is 16.5. The van der Waals surface area contributed by atoms with Crippen molar-refractivity contribution in [3.8, 4) is 11.5 Å². The number of benzene rings is 1. The molecule has 7 heteroatoms. The number of nitrogens with zero attached hydrogens (tertiary/aromatic N) is 2. The van der Waals surface area contributed by atoms with Crippen LogP contribution in [0.25, 0.3) is 0 Å². The third kappa shape index (κ3) is 5.38. The van der Waals surface area contributed by atoms with Gasteiger partial charge in [-0.2, -0.15) is 0 Å². The highest BCUT2D eigenvalue weighted by Crippen LogP contribution is 2.31. The first-order valence-electron chi connectivity index (χ1n) is 10.0. The minimum Gasteiger partial charge on any atom is -0.493 e. The lowest BCUT2D eigenvalue weighted by molar-refractivity contribution is 0.0819. The van der Waals surface area contributed by atoms with Crippen LogP contribution in [0.3, 0.4) is 0 Å². The molecule has 3 rings (SSSR count). The van der Waals surface area contributed by atoms with Gasteiger partial charge >= 0.3 is 0 Å². The number of anilines is 1. The Balaban J connectivity index is 1.65. The second-order valence-corrected chi connectivity index (χ2v) is 7.54. The maximum absolute atomic E-state index is 12.6. The zero-order chi connectivity index (χ0) is 20.8. The summed E-state index contributed by atoms with van der Waals surface area (Å²) in [6.07, 6.45) is 3.66. The zero-order valence-electron chi connectivity index (χ0n) is 17.4. The van der Waals surface area contributed by atoms with Gasteiger partial charge in [-0.25, -0.2) is 4.98 Å². The fourth-order valence-corrected chi connectivity index (χ4v) is 3.48. The summed E-state index contributed by atoms with van der Waals surface area (Å²) in [5.74, 6) is 1.45. The smallest absolute Gasteiger partial charge is 0.251 e.